The molecule has 43 heavy (non-hydrogen) atoms. The quantitative estimate of drug-likeness (QED) is 0.129. The second-order valence-corrected chi connectivity index (χ2v) is 10.9. The Morgan fingerprint density at radius 2 is 1.56 bits per heavy atom. The molecule has 0 aliphatic heterocycles. The number of aromatic nitrogens is 1. The minimum absolute atomic E-state index is 0.263. The summed E-state index contributed by atoms with van der Waals surface area (Å²) in [6, 6.07) is 31.5. The molecule has 0 saturated carbocycles. The first kappa shape index (κ1) is 29.9. The van der Waals surface area contributed by atoms with Gasteiger partial charge < -0.3 is 14.6 Å². The summed E-state index contributed by atoms with van der Waals surface area (Å²) in [5.74, 6) is -0.623. The molecule has 5 rings (SSSR count). The number of hydrazone groups is 1. The zero-order valence-electron chi connectivity index (χ0n) is 23.4. The van der Waals surface area contributed by atoms with Crippen molar-refractivity contribution in [2.45, 2.75) is 32.0 Å². The standard InChI is InChI=1S/C34H30Cl2N4O3/c1-23(43-32-17-16-27(35)19-29(32)36)33(41)38-30(18-24-10-4-2-5-11-24)34(42)39-37-20-26-22-40(21-25-12-6-3-7-13-25)31-15-9-8-14-28(26)31/h2-17,19-20,22-23,30H,18,21H2,1H3,(H,38,41)(H,39,42)/b37-20-/t23-,30-/m0/s1. The van der Waals surface area contributed by atoms with E-state index in [1.54, 1.807) is 25.3 Å². The van der Waals surface area contributed by atoms with E-state index in [1.165, 1.54) is 11.6 Å². The molecule has 2 atom stereocenters. The number of carbonyl (C=O) groups excluding carboxylic acids is 2. The lowest BCUT2D eigenvalue weighted by atomic mass is 10.1. The summed E-state index contributed by atoms with van der Waals surface area (Å²) in [5.41, 5.74) is 6.59. The third-order valence-electron chi connectivity index (χ3n) is 6.88. The molecule has 0 radical (unpaired) electrons. The van der Waals surface area contributed by atoms with Crippen LogP contribution in [-0.4, -0.2) is 34.7 Å². The number of fused-ring (bicyclic) bond motifs is 1. The van der Waals surface area contributed by atoms with Crippen LogP contribution in [0.2, 0.25) is 10.0 Å². The molecule has 9 heteroatoms. The van der Waals surface area contributed by atoms with Gasteiger partial charge in [-0.05, 0) is 42.3 Å². The third-order valence-corrected chi connectivity index (χ3v) is 7.41. The van der Waals surface area contributed by atoms with Crippen LogP contribution in [0.1, 0.15) is 23.6 Å². The smallest absolute Gasteiger partial charge is 0.262 e. The summed E-state index contributed by atoms with van der Waals surface area (Å²) in [5, 5.41) is 8.81. The van der Waals surface area contributed by atoms with Crippen LogP contribution < -0.4 is 15.5 Å². The Balaban J connectivity index is 1.30. The molecule has 1 heterocycles. The van der Waals surface area contributed by atoms with Crippen molar-refractivity contribution in [3.05, 3.63) is 136 Å². The Kier molecular flexibility index (Phi) is 9.77. The highest BCUT2D eigenvalue weighted by Gasteiger charge is 2.25. The molecule has 5 aromatic rings. The van der Waals surface area contributed by atoms with Crippen LogP contribution in [0.5, 0.6) is 5.75 Å². The minimum atomic E-state index is -0.927. The van der Waals surface area contributed by atoms with Crippen LogP contribution in [0.15, 0.2) is 114 Å². The highest BCUT2D eigenvalue weighted by molar-refractivity contribution is 6.35. The van der Waals surface area contributed by atoms with E-state index in [-0.39, 0.29) is 11.4 Å². The van der Waals surface area contributed by atoms with Crippen LogP contribution in [0, 0.1) is 0 Å². The van der Waals surface area contributed by atoms with E-state index < -0.39 is 24.0 Å². The van der Waals surface area contributed by atoms with Crippen LogP contribution in [0.3, 0.4) is 0 Å². The van der Waals surface area contributed by atoms with Gasteiger partial charge in [0.05, 0.1) is 11.2 Å². The number of benzene rings is 4. The fourth-order valence-corrected chi connectivity index (χ4v) is 5.15. The summed E-state index contributed by atoms with van der Waals surface area (Å²) in [7, 11) is 0. The van der Waals surface area contributed by atoms with Crippen molar-refractivity contribution in [2.24, 2.45) is 5.10 Å². The Morgan fingerprint density at radius 1 is 0.884 bits per heavy atom. The summed E-state index contributed by atoms with van der Waals surface area (Å²) in [4.78, 5) is 26.4. The number of hydrogen-bond donors (Lipinski definition) is 2. The zero-order chi connectivity index (χ0) is 30.2. The van der Waals surface area contributed by atoms with E-state index in [2.05, 4.69) is 38.6 Å². The van der Waals surface area contributed by atoms with Gasteiger partial charge in [0, 0.05) is 40.7 Å². The molecule has 2 amide bonds. The number of hydrogen-bond acceptors (Lipinski definition) is 4. The van der Waals surface area contributed by atoms with Crippen molar-refractivity contribution in [2.75, 3.05) is 0 Å². The van der Waals surface area contributed by atoms with Gasteiger partial charge in [0.2, 0.25) is 0 Å². The fraction of sp³-hybridized carbons (Fsp3) is 0.147. The van der Waals surface area contributed by atoms with Crippen LogP contribution in [0.4, 0.5) is 0 Å². The molecule has 0 aliphatic carbocycles. The van der Waals surface area contributed by atoms with Crippen molar-refractivity contribution in [3.8, 4) is 5.75 Å². The van der Waals surface area contributed by atoms with Gasteiger partial charge in [0.25, 0.3) is 11.8 Å². The van der Waals surface area contributed by atoms with Gasteiger partial charge in [0.1, 0.15) is 11.8 Å². The van der Waals surface area contributed by atoms with Gasteiger partial charge in [-0.2, -0.15) is 5.10 Å². The van der Waals surface area contributed by atoms with Gasteiger partial charge in [-0.25, -0.2) is 5.43 Å². The molecule has 2 N–H and O–H groups in total. The number of carbonyl (C=O) groups is 2. The molecule has 0 aliphatic rings. The molecular formula is C34H30Cl2N4O3. The van der Waals surface area contributed by atoms with E-state index >= 15 is 0 Å². The van der Waals surface area contributed by atoms with E-state index in [1.807, 2.05) is 72.9 Å². The van der Waals surface area contributed by atoms with Gasteiger partial charge in [-0.3, -0.25) is 9.59 Å². The normalized spacial score (nSPS) is 12.6. The van der Waals surface area contributed by atoms with E-state index in [9.17, 15) is 9.59 Å². The van der Waals surface area contributed by atoms with Gasteiger partial charge in [-0.15, -0.1) is 0 Å². The van der Waals surface area contributed by atoms with Crippen molar-refractivity contribution in [1.82, 2.24) is 15.3 Å². The lowest BCUT2D eigenvalue weighted by molar-refractivity contribution is -0.132. The first-order valence-electron chi connectivity index (χ1n) is 13.8. The molecule has 0 fully saturated rings. The van der Waals surface area contributed by atoms with E-state index in [4.69, 9.17) is 27.9 Å². The first-order chi connectivity index (χ1) is 20.9. The highest BCUT2D eigenvalue weighted by Crippen LogP contribution is 2.28. The molecule has 7 nitrogen and oxygen atoms in total. The number of nitrogens with zero attached hydrogens (tertiary/aromatic N) is 2. The molecule has 0 unspecified atom stereocenters. The largest absolute Gasteiger partial charge is 0.479 e. The fourth-order valence-electron chi connectivity index (χ4n) is 4.70. The van der Waals surface area contributed by atoms with Gasteiger partial charge >= 0.3 is 0 Å². The molecule has 0 saturated heterocycles. The second-order valence-electron chi connectivity index (χ2n) is 10.0. The van der Waals surface area contributed by atoms with Crippen molar-refractivity contribution in [1.29, 1.82) is 0 Å². The second kappa shape index (κ2) is 14.1. The molecule has 0 spiro atoms. The predicted octanol–water partition coefficient (Wildman–Crippen LogP) is 6.64. The average Bonchev–Trinajstić information content (AvgIpc) is 3.36. The molecule has 1 aromatic heterocycles. The summed E-state index contributed by atoms with van der Waals surface area (Å²) >= 11 is 12.2. The Labute approximate surface area is 260 Å². The molecule has 218 valence electrons. The molecule has 0 bridgehead atoms. The summed E-state index contributed by atoms with van der Waals surface area (Å²) in [6.07, 6.45) is 2.97. The van der Waals surface area contributed by atoms with Crippen molar-refractivity contribution >= 4 is 52.1 Å². The van der Waals surface area contributed by atoms with E-state index in [0.29, 0.717) is 17.3 Å². The zero-order valence-corrected chi connectivity index (χ0v) is 24.9. The topological polar surface area (TPSA) is 84.7 Å². The van der Waals surface area contributed by atoms with Crippen LogP contribution >= 0.6 is 23.2 Å². The third kappa shape index (κ3) is 7.83. The van der Waals surface area contributed by atoms with Gasteiger partial charge in [0.15, 0.2) is 6.10 Å². The SMILES string of the molecule is C[C@H](Oc1ccc(Cl)cc1Cl)C(=O)N[C@@H](Cc1ccccc1)C(=O)N/N=C\c1cn(Cc2ccccc2)c2ccccc12. The van der Waals surface area contributed by atoms with Crippen LogP contribution in [-0.2, 0) is 22.6 Å². The number of halogens is 2. The summed E-state index contributed by atoms with van der Waals surface area (Å²) in [6.45, 7) is 2.29. The maximum absolute atomic E-state index is 13.3. The maximum Gasteiger partial charge on any atom is 0.262 e. The monoisotopic (exact) mass is 612 g/mol. The highest BCUT2D eigenvalue weighted by atomic mass is 35.5. The van der Waals surface area contributed by atoms with Crippen molar-refractivity contribution < 1.29 is 14.3 Å². The number of amides is 2. The van der Waals surface area contributed by atoms with Gasteiger partial charge in [-0.1, -0.05) is 102 Å². The van der Waals surface area contributed by atoms with E-state index in [0.717, 1.165) is 22.0 Å². The first-order valence-corrected chi connectivity index (χ1v) is 14.5. The average molecular weight is 614 g/mol. The lowest BCUT2D eigenvalue weighted by Crippen LogP contribution is -2.50. The van der Waals surface area contributed by atoms with Crippen molar-refractivity contribution in [3.63, 3.8) is 0 Å². The lowest BCUT2D eigenvalue weighted by Gasteiger charge is -2.21. The number of ether oxygens (including phenoxy) is 1. The number of nitrogens with one attached hydrogen (secondary N) is 2. The molecule has 4 aromatic carbocycles. The maximum atomic E-state index is 13.3. The number of para-hydroxylation sites is 1. The molecular weight excluding hydrogens is 583 g/mol. The number of rotatable bonds is 11. The Bertz CT molecular complexity index is 1740. The summed E-state index contributed by atoms with van der Waals surface area (Å²) < 4.78 is 7.90. The van der Waals surface area contributed by atoms with Crippen LogP contribution in [0.25, 0.3) is 10.9 Å². The predicted molar refractivity (Wildman–Crippen MR) is 172 cm³/mol. The minimum Gasteiger partial charge on any atom is -0.479 e. The Morgan fingerprint density at radius 3 is 2.28 bits per heavy atom. The Hall–Kier alpha value is -4.59.